The van der Waals surface area contributed by atoms with E-state index in [0.29, 0.717) is 11.8 Å². The van der Waals surface area contributed by atoms with Crippen LogP contribution in [0.4, 0.5) is 34.1 Å². The molecule has 0 radical (unpaired) electrons. The van der Waals surface area contributed by atoms with Crippen molar-refractivity contribution in [2.45, 2.75) is 63.2 Å². The van der Waals surface area contributed by atoms with E-state index in [4.69, 9.17) is 8.83 Å². The molecule has 6 unspecified atom stereocenters. The highest BCUT2D eigenvalue weighted by Crippen LogP contribution is 2.58. The monoisotopic (exact) mass is 1000 g/mol. The van der Waals surface area contributed by atoms with Gasteiger partial charge in [-0.1, -0.05) is 158 Å². The Labute approximate surface area is 452 Å². The zero-order valence-electron chi connectivity index (χ0n) is 43.5. The molecule has 4 heteroatoms. The number of rotatable bonds is 8. The van der Waals surface area contributed by atoms with Gasteiger partial charge in [0.1, 0.15) is 11.2 Å². The second kappa shape index (κ2) is 16.5. The number of benzene rings is 12. The number of furan rings is 2. The Morgan fingerprint density at radius 3 is 1.15 bits per heavy atom. The summed E-state index contributed by atoms with van der Waals surface area (Å²) in [5.41, 5.74) is 13.3. The van der Waals surface area contributed by atoms with Gasteiger partial charge in [0.05, 0.1) is 22.7 Å². The molecule has 4 nitrogen and oxygen atoms in total. The molecule has 0 N–H and O–H groups in total. The zero-order chi connectivity index (χ0) is 50.7. The summed E-state index contributed by atoms with van der Waals surface area (Å²) < 4.78 is 15.0. The fraction of sp³-hybridized carbons (Fsp3) is 0.189. The van der Waals surface area contributed by atoms with Gasteiger partial charge in [-0.3, -0.25) is 0 Å². The molecule has 0 aliphatic heterocycles. The minimum absolute atomic E-state index is 0.529. The van der Waals surface area contributed by atoms with Crippen LogP contribution in [0.3, 0.4) is 0 Å². The number of anilines is 6. The molecule has 4 aliphatic carbocycles. The summed E-state index contributed by atoms with van der Waals surface area (Å²) in [7, 11) is 0. The highest BCUT2D eigenvalue weighted by Gasteiger charge is 2.43. The molecule has 14 aromatic rings. The maximum Gasteiger partial charge on any atom is 0.159 e. The van der Waals surface area contributed by atoms with E-state index < -0.39 is 0 Å². The van der Waals surface area contributed by atoms with E-state index in [9.17, 15) is 0 Å². The van der Waals surface area contributed by atoms with Crippen molar-refractivity contribution in [2.24, 2.45) is 23.7 Å². The molecule has 4 saturated carbocycles. The van der Waals surface area contributed by atoms with Crippen molar-refractivity contribution in [3.63, 3.8) is 0 Å². The Morgan fingerprint density at radius 2 is 0.718 bits per heavy atom. The summed E-state index contributed by atoms with van der Waals surface area (Å²) >= 11 is 0. The van der Waals surface area contributed by atoms with Gasteiger partial charge in [0.2, 0.25) is 0 Å². The Morgan fingerprint density at radius 1 is 0.295 bits per heavy atom. The Bertz CT molecular complexity index is 4460. The van der Waals surface area contributed by atoms with Crippen LogP contribution in [0.25, 0.3) is 97.7 Å². The first-order valence-electron chi connectivity index (χ1n) is 28.8. The molecule has 78 heavy (non-hydrogen) atoms. The average molecular weight is 1010 g/mol. The topological polar surface area (TPSA) is 32.8 Å². The van der Waals surface area contributed by atoms with Crippen LogP contribution in [-0.2, 0) is 0 Å². The van der Waals surface area contributed by atoms with Gasteiger partial charge in [-0.2, -0.15) is 0 Å². The molecule has 12 aromatic carbocycles. The van der Waals surface area contributed by atoms with Crippen LogP contribution in [0, 0.1) is 23.7 Å². The number of hydrogen-bond donors (Lipinski definition) is 0. The molecule has 2 aromatic heterocycles. The first kappa shape index (κ1) is 43.5. The van der Waals surface area contributed by atoms with Crippen molar-refractivity contribution in [2.75, 3.05) is 9.80 Å². The van der Waals surface area contributed by atoms with Crippen LogP contribution < -0.4 is 9.80 Å². The van der Waals surface area contributed by atoms with E-state index in [-0.39, 0.29) is 0 Å². The molecule has 6 atom stereocenters. The van der Waals surface area contributed by atoms with E-state index in [1.165, 1.54) is 138 Å². The normalized spacial score (nSPS) is 20.9. The van der Waals surface area contributed by atoms with Crippen molar-refractivity contribution < 1.29 is 8.83 Å². The molecule has 18 rings (SSSR count). The highest BCUT2D eigenvalue weighted by atomic mass is 16.3. The Hall–Kier alpha value is -8.60. The molecule has 4 aliphatic rings. The van der Waals surface area contributed by atoms with Gasteiger partial charge in [-0.25, -0.2) is 0 Å². The third kappa shape index (κ3) is 6.17. The molecule has 2 heterocycles. The molecule has 0 amide bonds. The van der Waals surface area contributed by atoms with Gasteiger partial charge in [0, 0.05) is 43.7 Å². The SMILES string of the molecule is c1ccc(N(c2ccc3ccc4c(N(c5ccccc5)c5cccc6c5oc5c(C7CC8CCC7C8)cc7ccccc7c56)ccc5ccc2c3c54)c2cccc3c2oc2c(C4CC5CCC4C5)cc4ccccc4c23)cc1. The maximum absolute atomic E-state index is 7.48. The molecular weight excluding hydrogens is 949 g/mol. The molecule has 4 bridgehead atoms. The number of para-hydroxylation sites is 4. The van der Waals surface area contributed by atoms with E-state index in [1.54, 1.807) is 0 Å². The van der Waals surface area contributed by atoms with E-state index >= 15 is 0 Å². The van der Waals surface area contributed by atoms with Crippen LogP contribution in [0.1, 0.15) is 74.3 Å². The van der Waals surface area contributed by atoms with Gasteiger partial charge >= 0.3 is 0 Å². The van der Waals surface area contributed by atoms with Crippen LogP contribution in [0.5, 0.6) is 0 Å². The molecule has 374 valence electrons. The lowest BCUT2D eigenvalue weighted by Crippen LogP contribution is -2.11. The van der Waals surface area contributed by atoms with Crippen LogP contribution in [0.2, 0.25) is 0 Å². The Kier molecular flexibility index (Phi) is 9.18. The van der Waals surface area contributed by atoms with Gasteiger partial charge in [0.15, 0.2) is 11.2 Å². The van der Waals surface area contributed by atoms with Gasteiger partial charge in [-0.15, -0.1) is 0 Å². The van der Waals surface area contributed by atoms with Crippen LogP contribution in [0.15, 0.2) is 215 Å². The minimum atomic E-state index is 0.529. The lowest BCUT2D eigenvalue weighted by molar-refractivity contribution is 0.419. The third-order valence-corrected chi connectivity index (χ3v) is 19.9. The maximum atomic E-state index is 7.48. The van der Waals surface area contributed by atoms with Gasteiger partial charge < -0.3 is 18.6 Å². The first-order valence-corrected chi connectivity index (χ1v) is 28.8. The number of nitrogens with zero attached hydrogens (tertiary/aromatic N) is 2. The fourth-order valence-electron chi connectivity index (χ4n) is 16.6. The largest absolute Gasteiger partial charge is 0.454 e. The van der Waals surface area contributed by atoms with E-state index in [1.807, 2.05) is 0 Å². The van der Waals surface area contributed by atoms with Crippen molar-refractivity contribution in [1.29, 1.82) is 0 Å². The lowest BCUT2D eigenvalue weighted by atomic mass is 9.82. The number of hydrogen-bond acceptors (Lipinski definition) is 4. The summed E-state index contributed by atoms with van der Waals surface area (Å²) in [5, 5.41) is 17.3. The smallest absolute Gasteiger partial charge is 0.159 e. The molecule has 4 fully saturated rings. The minimum Gasteiger partial charge on any atom is -0.454 e. The van der Waals surface area contributed by atoms with Crippen LogP contribution in [-0.4, -0.2) is 0 Å². The predicted octanol–water partition coefficient (Wildman–Crippen LogP) is 21.4. The van der Waals surface area contributed by atoms with E-state index in [0.717, 1.165) is 80.1 Å². The first-order chi connectivity index (χ1) is 38.7. The van der Waals surface area contributed by atoms with Crippen molar-refractivity contribution in [3.05, 3.63) is 217 Å². The molecular formula is C74H56N2O2. The van der Waals surface area contributed by atoms with Crippen LogP contribution >= 0.6 is 0 Å². The summed E-state index contributed by atoms with van der Waals surface area (Å²) in [5.74, 6) is 4.19. The summed E-state index contributed by atoms with van der Waals surface area (Å²) in [6, 6.07) is 77.1. The van der Waals surface area contributed by atoms with Crippen molar-refractivity contribution >= 4 is 132 Å². The number of fused-ring (bicyclic) bond motifs is 14. The molecule has 0 spiro atoms. The summed E-state index contributed by atoms with van der Waals surface area (Å²) in [4.78, 5) is 4.92. The third-order valence-electron chi connectivity index (χ3n) is 19.9. The lowest BCUT2D eigenvalue weighted by Gasteiger charge is -2.29. The Balaban J connectivity index is 0.857. The molecule has 0 saturated heterocycles. The second-order valence-electron chi connectivity index (χ2n) is 23.8. The van der Waals surface area contributed by atoms with E-state index in [2.05, 4.69) is 216 Å². The van der Waals surface area contributed by atoms with Gasteiger partial charge in [-0.05, 0) is 189 Å². The zero-order valence-corrected chi connectivity index (χ0v) is 43.5. The fourth-order valence-corrected chi connectivity index (χ4v) is 16.6. The summed E-state index contributed by atoms with van der Waals surface area (Å²) in [6.45, 7) is 0. The highest BCUT2D eigenvalue weighted by molar-refractivity contribution is 6.29. The average Bonchev–Trinajstić information content (AvgIpc) is 4.54. The second-order valence-corrected chi connectivity index (χ2v) is 23.8. The van der Waals surface area contributed by atoms with Crippen molar-refractivity contribution in [3.8, 4) is 0 Å². The summed E-state index contributed by atoms with van der Waals surface area (Å²) in [6.07, 6.45) is 10.6. The van der Waals surface area contributed by atoms with Crippen molar-refractivity contribution in [1.82, 2.24) is 0 Å². The van der Waals surface area contributed by atoms with Gasteiger partial charge in [0.25, 0.3) is 0 Å². The standard InChI is InChI=1S/C74H56N2O2/c1-3-15-51(16-4-1)75(65-23-11-21-57-69-53-19-9-7-13-47(53)41-61(73(69)77-71(57)65)59-39-43-25-27-49(59)37-43)63-35-31-45-30-34-56-64(36-32-46-29-33-55(63)67(45)68(46)56)76(52-17-5-2-6-18-52)66-24-12-22-58-70-54-20-10-8-14-48(54)42-62(74(70)78-72(58)66)60-40-44-26-28-50(60)38-44/h1-24,29-36,41-44,49-50,59-60H,25-28,37-40H2. The quantitative estimate of drug-likeness (QED) is 0.142. The predicted molar refractivity (Wildman–Crippen MR) is 325 cm³/mol.